The van der Waals surface area contributed by atoms with Crippen molar-refractivity contribution in [2.24, 2.45) is 7.05 Å². The molecule has 2 unspecified atom stereocenters. The van der Waals surface area contributed by atoms with Crippen molar-refractivity contribution in [1.29, 1.82) is 0 Å². The van der Waals surface area contributed by atoms with Crippen LogP contribution in [-0.4, -0.2) is 38.7 Å². The predicted molar refractivity (Wildman–Crippen MR) is 105 cm³/mol. The van der Waals surface area contributed by atoms with Gasteiger partial charge < -0.3 is 9.64 Å². The number of nitrogens with zero attached hydrogens (tertiary/aromatic N) is 5. The molecule has 28 heavy (non-hydrogen) atoms. The van der Waals surface area contributed by atoms with Crippen LogP contribution in [0.3, 0.4) is 0 Å². The lowest BCUT2D eigenvalue weighted by atomic mass is 9.84. The molecule has 142 valence electrons. The number of fused-ring (bicyclic) bond motifs is 3. The molecule has 5 rings (SSSR count). The summed E-state index contributed by atoms with van der Waals surface area (Å²) in [6.45, 7) is 1.31. The summed E-state index contributed by atoms with van der Waals surface area (Å²) in [6, 6.07) is 11.9. The van der Waals surface area contributed by atoms with E-state index in [1.54, 1.807) is 23.9 Å². The lowest BCUT2D eigenvalue weighted by Gasteiger charge is -2.45. The van der Waals surface area contributed by atoms with Crippen molar-refractivity contribution in [3.63, 3.8) is 0 Å². The van der Waals surface area contributed by atoms with Gasteiger partial charge in [-0.15, -0.1) is 0 Å². The maximum Gasteiger partial charge on any atom is 0.255 e. The van der Waals surface area contributed by atoms with Gasteiger partial charge in [0.05, 0.1) is 24.0 Å². The Morgan fingerprint density at radius 2 is 2.07 bits per heavy atom. The van der Waals surface area contributed by atoms with Crippen LogP contribution in [0.5, 0.6) is 0 Å². The fraction of sp³-hybridized carbons (Fsp3) is 0.333. The van der Waals surface area contributed by atoms with E-state index in [1.165, 1.54) is 23.5 Å². The first kappa shape index (κ1) is 17.1. The van der Waals surface area contributed by atoms with E-state index in [4.69, 9.17) is 9.72 Å². The standard InChI is InChI=1S/C21H21N5O2/c1-25-19(27)12-17(16-8-9-22-13-23-16)24-21(25)26-10-11-28-20-15-5-3-2-4-14(15)6-7-18(20)26/h2-5,8-9,12-13,18,20H,6-7,10-11H2,1H3. The Hall–Kier alpha value is -3.06. The smallest absolute Gasteiger partial charge is 0.255 e. The normalized spacial score (nSPS) is 21.1. The number of hydrogen-bond acceptors (Lipinski definition) is 6. The van der Waals surface area contributed by atoms with Gasteiger partial charge in [0.15, 0.2) is 0 Å². The van der Waals surface area contributed by atoms with Crippen LogP contribution < -0.4 is 10.5 Å². The summed E-state index contributed by atoms with van der Waals surface area (Å²) in [5.74, 6) is 0.666. The summed E-state index contributed by atoms with van der Waals surface area (Å²) < 4.78 is 7.79. The molecule has 2 aromatic heterocycles. The van der Waals surface area contributed by atoms with Crippen molar-refractivity contribution in [3.8, 4) is 11.4 Å². The highest BCUT2D eigenvalue weighted by Crippen LogP contribution is 2.39. The summed E-state index contributed by atoms with van der Waals surface area (Å²) >= 11 is 0. The van der Waals surface area contributed by atoms with Crippen LogP contribution in [0.1, 0.15) is 23.7 Å². The van der Waals surface area contributed by atoms with Gasteiger partial charge in [0.2, 0.25) is 5.95 Å². The zero-order chi connectivity index (χ0) is 19.1. The fourth-order valence-electron chi connectivity index (χ4n) is 4.27. The summed E-state index contributed by atoms with van der Waals surface area (Å²) in [6.07, 6.45) is 5.09. The van der Waals surface area contributed by atoms with E-state index in [0.29, 0.717) is 30.5 Å². The van der Waals surface area contributed by atoms with Crippen LogP contribution in [-0.2, 0) is 18.2 Å². The third kappa shape index (κ3) is 2.79. The van der Waals surface area contributed by atoms with Crippen LogP contribution in [0.2, 0.25) is 0 Å². The highest BCUT2D eigenvalue weighted by molar-refractivity contribution is 5.55. The van der Waals surface area contributed by atoms with E-state index >= 15 is 0 Å². The maximum atomic E-state index is 12.7. The molecular formula is C21H21N5O2. The first-order chi connectivity index (χ1) is 13.7. The van der Waals surface area contributed by atoms with Gasteiger partial charge in [0.25, 0.3) is 5.56 Å². The van der Waals surface area contributed by atoms with E-state index in [1.807, 2.05) is 0 Å². The van der Waals surface area contributed by atoms with Gasteiger partial charge in [-0.1, -0.05) is 24.3 Å². The minimum Gasteiger partial charge on any atom is -0.370 e. The molecule has 3 aromatic rings. The highest BCUT2D eigenvalue weighted by atomic mass is 16.5. The SMILES string of the molecule is Cn1c(N2CCOC3c4ccccc4CCC32)nc(-c2ccncn2)cc1=O. The molecular weight excluding hydrogens is 354 g/mol. The largest absolute Gasteiger partial charge is 0.370 e. The molecule has 7 heteroatoms. The minimum absolute atomic E-state index is 0.00157. The molecule has 0 amide bonds. The Kier molecular flexibility index (Phi) is 4.16. The molecule has 3 heterocycles. The van der Waals surface area contributed by atoms with Crippen molar-refractivity contribution in [1.82, 2.24) is 19.5 Å². The van der Waals surface area contributed by atoms with Gasteiger partial charge in [-0.05, 0) is 30.0 Å². The van der Waals surface area contributed by atoms with Crippen molar-refractivity contribution in [2.45, 2.75) is 25.0 Å². The van der Waals surface area contributed by atoms with E-state index in [-0.39, 0.29) is 17.7 Å². The molecule has 0 spiro atoms. The molecule has 0 N–H and O–H groups in total. The molecule has 0 bridgehead atoms. The molecule has 7 nitrogen and oxygen atoms in total. The number of rotatable bonds is 2. The van der Waals surface area contributed by atoms with Gasteiger partial charge in [0.1, 0.15) is 12.4 Å². The third-order valence-electron chi connectivity index (χ3n) is 5.66. The summed E-state index contributed by atoms with van der Waals surface area (Å²) in [4.78, 5) is 27.9. The minimum atomic E-state index is -0.0992. The zero-order valence-electron chi connectivity index (χ0n) is 15.7. The van der Waals surface area contributed by atoms with Crippen molar-refractivity contribution in [3.05, 3.63) is 70.4 Å². The number of aryl methyl sites for hydroxylation is 1. The Bertz CT molecular complexity index is 1070. The van der Waals surface area contributed by atoms with Gasteiger partial charge in [-0.25, -0.2) is 15.0 Å². The molecule has 1 fully saturated rings. The van der Waals surface area contributed by atoms with Crippen molar-refractivity contribution in [2.75, 3.05) is 18.1 Å². The Morgan fingerprint density at radius 3 is 2.93 bits per heavy atom. The second-order valence-electron chi connectivity index (χ2n) is 7.22. The maximum absolute atomic E-state index is 12.7. The van der Waals surface area contributed by atoms with Crippen molar-refractivity contribution < 1.29 is 4.74 Å². The van der Waals surface area contributed by atoms with Gasteiger partial charge in [-0.2, -0.15) is 0 Å². The molecule has 1 aliphatic carbocycles. The second kappa shape index (κ2) is 6.83. The van der Waals surface area contributed by atoms with Gasteiger partial charge in [0, 0.05) is 25.9 Å². The summed E-state index contributed by atoms with van der Waals surface area (Å²) in [5, 5.41) is 0. The number of hydrogen-bond donors (Lipinski definition) is 0. The Balaban J connectivity index is 1.58. The predicted octanol–water partition coefficient (Wildman–Crippen LogP) is 2.13. The first-order valence-corrected chi connectivity index (χ1v) is 9.53. The van der Waals surface area contributed by atoms with Crippen LogP contribution >= 0.6 is 0 Å². The van der Waals surface area contributed by atoms with Gasteiger partial charge in [-0.3, -0.25) is 9.36 Å². The summed E-state index contributed by atoms with van der Waals surface area (Å²) in [7, 11) is 1.77. The first-order valence-electron chi connectivity index (χ1n) is 9.53. The van der Waals surface area contributed by atoms with Crippen LogP contribution in [0.15, 0.2) is 53.7 Å². The van der Waals surface area contributed by atoms with E-state index < -0.39 is 0 Å². The molecule has 2 aliphatic rings. The number of anilines is 1. The van der Waals surface area contributed by atoms with Crippen LogP contribution in [0.4, 0.5) is 5.95 Å². The number of morpholine rings is 1. The van der Waals surface area contributed by atoms with E-state index in [9.17, 15) is 4.79 Å². The molecule has 1 aliphatic heterocycles. The number of aromatic nitrogens is 4. The van der Waals surface area contributed by atoms with Crippen LogP contribution in [0, 0.1) is 0 Å². The third-order valence-corrected chi connectivity index (χ3v) is 5.66. The second-order valence-corrected chi connectivity index (χ2v) is 7.22. The van der Waals surface area contributed by atoms with Crippen LogP contribution in [0.25, 0.3) is 11.4 Å². The lowest BCUT2D eigenvalue weighted by Crippen LogP contribution is -2.51. The summed E-state index contributed by atoms with van der Waals surface area (Å²) in [5.41, 5.74) is 3.72. The van der Waals surface area contributed by atoms with E-state index in [2.05, 4.69) is 39.1 Å². The highest BCUT2D eigenvalue weighted by Gasteiger charge is 2.38. The molecule has 0 saturated carbocycles. The van der Waals surface area contributed by atoms with Crippen molar-refractivity contribution >= 4 is 5.95 Å². The van der Waals surface area contributed by atoms with E-state index in [0.717, 1.165) is 12.8 Å². The Morgan fingerprint density at radius 1 is 1.18 bits per heavy atom. The molecule has 1 saturated heterocycles. The zero-order valence-corrected chi connectivity index (χ0v) is 15.7. The lowest BCUT2D eigenvalue weighted by molar-refractivity contribution is 0.00176. The average molecular weight is 375 g/mol. The fourth-order valence-corrected chi connectivity index (χ4v) is 4.27. The monoisotopic (exact) mass is 375 g/mol. The quantitative estimate of drug-likeness (QED) is 0.683. The number of ether oxygens (including phenoxy) is 1. The molecule has 0 radical (unpaired) electrons. The molecule has 1 aromatic carbocycles. The van der Waals surface area contributed by atoms with Gasteiger partial charge >= 0.3 is 0 Å². The average Bonchev–Trinajstić information content (AvgIpc) is 2.75. The molecule has 2 atom stereocenters. The Labute approximate surface area is 162 Å². The topological polar surface area (TPSA) is 73.1 Å². The number of benzene rings is 1.